The Morgan fingerprint density at radius 3 is 2.44 bits per heavy atom. The zero-order chi connectivity index (χ0) is 13.2. The second kappa shape index (κ2) is 5.67. The van der Waals surface area contributed by atoms with Crippen molar-refractivity contribution in [2.24, 2.45) is 5.92 Å². The minimum absolute atomic E-state index is 0.0409. The number of ketones is 1. The number of ether oxygens (including phenoxy) is 1. The molecule has 2 heterocycles. The highest BCUT2D eigenvalue weighted by Gasteiger charge is 2.32. The first-order valence-electron chi connectivity index (χ1n) is 6.59. The monoisotopic (exact) mass is 275 g/mol. The Bertz CT molecular complexity index is 392. The van der Waals surface area contributed by atoms with E-state index >= 15 is 0 Å². The van der Waals surface area contributed by atoms with Gasteiger partial charge in [-0.15, -0.1) is 0 Å². The SMILES string of the molecule is CC(=O)C1CCN(S(=O)(=O)CC2CCCO2)CC1. The molecule has 104 valence electrons. The lowest BCUT2D eigenvalue weighted by molar-refractivity contribution is -0.121. The van der Waals surface area contributed by atoms with Crippen molar-refractivity contribution in [3.05, 3.63) is 0 Å². The van der Waals surface area contributed by atoms with E-state index in [2.05, 4.69) is 0 Å². The number of nitrogens with zero attached hydrogens (tertiary/aromatic N) is 1. The van der Waals surface area contributed by atoms with Gasteiger partial charge in [0.05, 0.1) is 11.9 Å². The topological polar surface area (TPSA) is 63.7 Å². The molecule has 6 heteroatoms. The molecule has 0 radical (unpaired) electrons. The van der Waals surface area contributed by atoms with Crippen LogP contribution in [0.5, 0.6) is 0 Å². The molecule has 0 saturated carbocycles. The van der Waals surface area contributed by atoms with Crippen LogP contribution < -0.4 is 0 Å². The summed E-state index contributed by atoms with van der Waals surface area (Å²) in [7, 11) is -3.22. The van der Waals surface area contributed by atoms with Crippen molar-refractivity contribution in [1.82, 2.24) is 4.31 Å². The first kappa shape index (κ1) is 14.0. The molecular formula is C12H21NO4S. The molecule has 2 rings (SSSR count). The molecule has 2 fully saturated rings. The third-order valence-electron chi connectivity index (χ3n) is 3.84. The summed E-state index contributed by atoms with van der Waals surface area (Å²) in [4.78, 5) is 11.2. The number of carbonyl (C=O) groups excluding carboxylic acids is 1. The first-order chi connectivity index (χ1) is 8.49. The van der Waals surface area contributed by atoms with Gasteiger partial charge in [-0.2, -0.15) is 0 Å². The number of rotatable bonds is 4. The van der Waals surface area contributed by atoms with Gasteiger partial charge >= 0.3 is 0 Å². The highest BCUT2D eigenvalue weighted by Crippen LogP contribution is 2.22. The van der Waals surface area contributed by atoms with Crippen LogP contribution in [0.1, 0.15) is 32.6 Å². The molecule has 0 aromatic rings. The van der Waals surface area contributed by atoms with Gasteiger partial charge in [0, 0.05) is 25.6 Å². The predicted octanol–water partition coefficient (Wildman–Crippen LogP) is 0.796. The molecule has 1 atom stereocenters. The summed E-state index contributed by atoms with van der Waals surface area (Å²) in [6.45, 7) is 3.20. The molecule has 2 aliphatic heterocycles. The molecule has 1 unspecified atom stereocenters. The van der Waals surface area contributed by atoms with Gasteiger partial charge in [-0.3, -0.25) is 4.79 Å². The van der Waals surface area contributed by atoms with E-state index in [0.29, 0.717) is 32.5 Å². The van der Waals surface area contributed by atoms with Gasteiger partial charge in [0.1, 0.15) is 5.78 Å². The van der Waals surface area contributed by atoms with Crippen molar-refractivity contribution in [3.63, 3.8) is 0 Å². The molecule has 18 heavy (non-hydrogen) atoms. The number of hydrogen-bond donors (Lipinski definition) is 0. The average Bonchev–Trinajstić information content (AvgIpc) is 2.81. The van der Waals surface area contributed by atoms with Crippen molar-refractivity contribution in [3.8, 4) is 0 Å². The number of hydrogen-bond acceptors (Lipinski definition) is 4. The Labute approximate surface area is 109 Å². The number of piperidine rings is 1. The molecule has 2 aliphatic rings. The Morgan fingerprint density at radius 1 is 1.28 bits per heavy atom. The van der Waals surface area contributed by atoms with Crippen LogP contribution in [-0.2, 0) is 19.6 Å². The third-order valence-corrected chi connectivity index (χ3v) is 5.79. The molecule has 0 aliphatic carbocycles. The number of carbonyl (C=O) groups is 1. The van der Waals surface area contributed by atoms with Crippen LogP contribution in [0.15, 0.2) is 0 Å². The smallest absolute Gasteiger partial charge is 0.216 e. The maximum absolute atomic E-state index is 12.2. The highest BCUT2D eigenvalue weighted by molar-refractivity contribution is 7.89. The van der Waals surface area contributed by atoms with Gasteiger partial charge in [0.25, 0.3) is 0 Å². The molecule has 0 spiro atoms. The molecule has 0 amide bonds. The van der Waals surface area contributed by atoms with E-state index in [1.54, 1.807) is 6.92 Å². The van der Waals surface area contributed by atoms with Crippen LogP contribution in [0.3, 0.4) is 0 Å². The van der Waals surface area contributed by atoms with E-state index in [1.807, 2.05) is 0 Å². The van der Waals surface area contributed by atoms with E-state index in [1.165, 1.54) is 4.31 Å². The second-order valence-corrected chi connectivity index (χ2v) is 7.21. The summed E-state index contributed by atoms with van der Waals surface area (Å²) in [5.41, 5.74) is 0. The summed E-state index contributed by atoms with van der Waals surface area (Å²) in [6.07, 6.45) is 2.95. The van der Waals surface area contributed by atoms with Crippen LogP contribution in [-0.4, -0.2) is 50.1 Å². The zero-order valence-electron chi connectivity index (χ0n) is 10.8. The standard InChI is InChI=1S/C12H21NO4S/c1-10(14)11-4-6-13(7-5-11)18(15,16)9-12-3-2-8-17-12/h11-12H,2-9H2,1H3. The molecule has 0 N–H and O–H groups in total. The van der Waals surface area contributed by atoms with Crippen molar-refractivity contribution in [2.75, 3.05) is 25.4 Å². The molecule has 0 aromatic carbocycles. The van der Waals surface area contributed by atoms with Gasteiger partial charge in [-0.25, -0.2) is 12.7 Å². The largest absolute Gasteiger partial charge is 0.377 e. The summed E-state index contributed by atoms with van der Waals surface area (Å²) < 4.78 is 31.3. The summed E-state index contributed by atoms with van der Waals surface area (Å²) in [6, 6.07) is 0. The van der Waals surface area contributed by atoms with Crippen molar-refractivity contribution < 1.29 is 17.9 Å². The van der Waals surface area contributed by atoms with Crippen LogP contribution >= 0.6 is 0 Å². The Hall–Kier alpha value is -0.460. The third kappa shape index (κ3) is 3.30. The Balaban J connectivity index is 1.89. The van der Waals surface area contributed by atoms with E-state index in [0.717, 1.165) is 12.8 Å². The molecule has 5 nitrogen and oxygen atoms in total. The van der Waals surface area contributed by atoms with E-state index in [9.17, 15) is 13.2 Å². The predicted molar refractivity (Wildman–Crippen MR) is 67.7 cm³/mol. The van der Waals surface area contributed by atoms with Crippen molar-refractivity contribution >= 4 is 15.8 Å². The molecule has 2 saturated heterocycles. The lowest BCUT2D eigenvalue weighted by Gasteiger charge is -2.30. The van der Waals surface area contributed by atoms with Crippen molar-refractivity contribution in [2.45, 2.75) is 38.7 Å². The van der Waals surface area contributed by atoms with Gasteiger partial charge in [0.2, 0.25) is 10.0 Å². The second-order valence-electron chi connectivity index (χ2n) is 5.20. The van der Waals surface area contributed by atoms with Crippen LogP contribution in [0.4, 0.5) is 0 Å². The average molecular weight is 275 g/mol. The fraction of sp³-hybridized carbons (Fsp3) is 0.917. The molecular weight excluding hydrogens is 254 g/mol. The first-order valence-corrected chi connectivity index (χ1v) is 8.20. The van der Waals surface area contributed by atoms with E-state index < -0.39 is 10.0 Å². The normalized spacial score (nSPS) is 27.5. The number of sulfonamides is 1. The lowest BCUT2D eigenvalue weighted by atomic mass is 9.95. The molecule has 0 bridgehead atoms. The van der Waals surface area contributed by atoms with E-state index in [-0.39, 0.29) is 23.6 Å². The minimum Gasteiger partial charge on any atom is -0.377 e. The van der Waals surface area contributed by atoms with Gasteiger partial charge < -0.3 is 4.74 Å². The van der Waals surface area contributed by atoms with Crippen molar-refractivity contribution in [1.29, 1.82) is 0 Å². The van der Waals surface area contributed by atoms with Gasteiger partial charge in [0.15, 0.2) is 0 Å². The van der Waals surface area contributed by atoms with Gasteiger partial charge in [-0.1, -0.05) is 0 Å². The maximum Gasteiger partial charge on any atom is 0.216 e. The van der Waals surface area contributed by atoms with Crippen LogP contribution in [0.25, 0.3) is 0 Å². The van der Waals surface area contributed by atoms with Crippen LogP contribution in [0, 0.1) is 5.92 Å². The summed E-state index contributed by atoms with van der Waals surface area (Å²) >= 11 is 0. The highest BCUT2D eigenvalue weighted by atomic mass is 32.2. The zero-order valence-corrected chi connectivity index (χ0v) is 11.6. The fourth-order valence-corrected chi connectivity index (χ4v) is 4.37. The minimum atomic E-state index is -3.22. The Kier molecular flexibility index (Phi) is 4.40. The molecule has 0 aromatic heterocycles. The fourth-order valence-electron chi connectivity index (χ4n) is 2.66. The summed E-state index contributed by atoms with van der Waals surface area (Å²) in [5.74, 6) is 0.308. The Morgan fingerprint density at radius 2 is 1.94 bits per heavy atom. The number of Topliss-reactive ketones (excluding diaryl/α,β-unsaturated/α-hetero) is 1. The lowest BCUT2D eigenvalue weighted by Crippen LogP contribution is -2.42. The maximum atomic E-state index is 12.2. The quantitative estimate of drug-likeness (QED) is 0.761. The van der Waals surface area contributed by atoms with Crippen LogP contribution in [0.2, 0.25) is 0 Å². The van der Waals surface area contributed by atoms with Gasteiger partial charge in [-0.05, 0) is 32.6 Å². The van der Waals surface area contributed by atoms with E-state index in [4.69, 9.17) is 4.74 Å². The summed E-state index contributed by atoms with van der Waals surface area (Å²) in [5, 5.41) is 0.